The number of hydrogen-bond acceptors (Lipinski definition) is 5. The molecule has 1 aliphatic rings. The molecule has 0 saturated heterocycles. The highest BCUT2D eigenvalue weighted by atomic mass is 16.5. The largest absolute Gasteiger partial charge is 0.395 e. The third-order valence-corrected chi connectivity index (χ3v) is 4.48. The van der Waals surface area contributed by atoms with E-state index in [0.717, 1.165) is 19.3 Å². The van der Waals surface area contributed by atoms with Crippen LogP contribution in [0.15, 0.2) is 30.3 Å². The van der Waals surface area contributed by atoms with Crippen molar-refractivity contribution in [1.29, 1.82) is 0 Å². The van der Waals surface area contributed by atoms with Crippen LogP contribution in [0.5, 0.6) is 0 Å². The van der Waals surface area contributed by atoms with Crippen LogP contribution in [-0.2, 0) is 11.3 Å². The van der Waals surface area contributed by atoms with Gasteiger partial charge in [-0.15, -0.1) is 0 Å². The highest BCUT2D eigenvalue weighted by Gasteiger charge is 2.32. The molecule has 0 radical (unpaired) electrons. The topological polar surface area (TPSA) is 65.0 Å². The molecule has 1 saturated carbocycles. The molecule has 3 N–H and O–H groups in total. The van der Waals surface area contributed by atoms with Crippen molar-refractivity contribution in [2.45, 2.75) is 44.1 Å². The number of nitrogens with one attached hydrogen (secondary N) is 1. The summed E-state index contributed by atoms with van der Waals surface area (Å²) in [7, 11) is 1.75. The van der Waals surface area contributed by atoms with Crippen molar-refractivity contribution >= 4 is 0 Å². The van der Waals surface area contributed by atoms with Gasteiger partial charge in [-0.05, 0) is 24.8 Å². The van der Waals surface area contributed by atoms with Gasteiger partial charge in [0.15, 0.2) is 0 Å². The lowest BCUT2D eigenvalue weighted by atomic mass is 10.1. The van der Waals surface area contributed by atoms with Crippen LogP contribution in [0.2, 0.25) is 0 Å². The zero-order chi connectivity index (χ0) is 15.8. The molecular formula is C17H28N2O3. The summed E-state index contributed by atoms with van der Waals surface area (Å²) in [5.74, 6) is 0. The summed E-state index contributed by atoms with van der Waals surface area (Å²) in [5.41, 5.74) is 1.19. The van der Waals surface area contributed by atoms with E-state index >= 15 is 0 Å². The van der Waals surface area contributed by atoms with E-state index in [1.165, 1.54) is 5.56 Å². The third kappa shape index (κ3) is 4.76. The van der Waals surface area contributed by atoms with Crippen LogP contribution < -0.4 is 5.32 Å². The summed E-state index contributed by atoms with van der Waals surface area (Å²) in [4.78, 5) is 2.18. The van der Waals surface area contributed by atoms with Gasteiger partial charge in [0.1, 0.15) is 0 Å². The van der Waals surface area contributed by atoms with Gasteiger partial charge in [-0.1, -0.05) is 30.3 Å². The quantitative estimate of drug-likeness (QED) is 0.593. The lowest BCUT2D eigenvalue weighted by Gasteiger charge is -2.35. The summed E-state index contributed by atoms with van der Waals surface area (Å²) in [6.07, 6.45) is 3.19. The first-order valence-electron chi connectivity index (χ1n) is 8.06. The molecule has 1 aromatic rings. The van der Waals surface area contributed by atoms with E-state index in [1.807, 2.05) is 18.2 Å². The Balaban J connectivity index is 1.95. The molecule has 0 heterocycles. The lowest BCUT2D eigenvalue weighted by molar-refractivity contribution is 0.0371. The van der Waals surface area contributed by atoms with Gasteiger partial charge in [0.05, 0.1) is 25.5 Å². The molecule has 0 aromatic heterocycles. The van der Waals surface area contributed by atoms with E-state index < -0.39 is 0 Å². The van der Waals surface area contributed by atoms with Gasteiger partial charge in [0, 0.05) is 26.2 Å². The predicted octanol–water partition coefficient (Wildman–Crippen LogP) is 0.956. The second-order valence-electron chi connectivity index (χ2n) is 5.85. The molecule has 1 aromatic carbocycles. The number of benzene rings is 1. The monoisotopic (exact) mass is 308 g/mol. The van der Waals surface area contributed by atoms with Crippen molar-refractivity contribution < 1.29 is 14.9 Å². The number of nitrogens with zero attached hydrogens (tertiary/aromatic N) is 1. The van der Waals surface area contributed by atoms with Gasteiger partial charge < -0.3 is 14.9 Å². The Labute approximate surface area is 132 Å². The highest BCUT2D eigenvalue weighted by molar-refractivity contribution is 5.14. The summed E-state index contributed by atoms with van der Waals surface area (Å²) < 4.78 is 5.44. The van der Waals surface area contributed by atoms with Crippen LogP contribution in [0.3, 0.4) is 0 Å². The van der Waals surface area contributed by atoms with E-state index in [-0.39, 0.29) is 19.4 Å². The maximum atomic E-state index is 9.77. The second kappa shape index (κ2) is 9.22. The van der Waals surface area contributed by atoms with Crippen molar-refractivity contribution in [3.63, 3.8) is 0 Å². The molecular weight excluding hydrogens is 280 g/mol. The fourth-order valence-electron chi connectivity index (χ4n) is 3.26. The van der Waals surface area contributed by atoms with Gasteiger partial charge >= 0.3 is 0 Å². The van der Waals surface area contributed by atoms with Crippen molar-refractivity contribution in [2.24, 2.45) is 0 Å². The molecule has 5 nitrogen and oxygen atoms in total. The van der Waals surface area contributed by atoms with Crippen LogP contribution in [0.4, 0.5) is 0 Å². The first-order valence-corrected chi connectivity index (χ1v) is 8.06. The standard InChI is InChI=1S/C17H28N2O3/c1-22-16-8-7-15(11-16)19(9-10-20)17(13-21)18-12-14-5-3-2-4-6-14/h2-6,15-18,20-21H,7-13H2,1H3. The fourth-order valence-corrected chi connectivity index (χ4v) is 3.26. The third-order valence-electron chi connectivity index (χ3n) is 4.48. The van der Waals surface area contributed by atoms with Crippen LogP contribution in [0.25, 0.3) is 0 Å². The van der Waals surface area contributed by atoms with Gasteiger partial charge in [0.2, 0.25) is 0 Å². The maximum absolute atomic E-state index is 9.77. The van der Waals surface area contributed by atoms with Crippen molar-refractivity contribution in [1.82, 2.24) is 10.2 Å². The zero-order valence-electron chi connectivity index (χ0n) is 13.3. The average Bonchev–Trinajstić information content (AvgIpc) is 3.04. The van der Waals surface area contributed by atoms with E-state index in [1.54, 1.807) is 7.11 Å². The van der Waals surface area contributed by atoms with Crippen LogP contribution in [0.1, 0.15) is 24.8 Å². The number of aliphatic hydroxyl groups excluding tert-OH is 2. The molecule has 2 rings (SSSR count). The zero-order valence-corrected chi connectivity index (χ0v) is 13.3. The smallest absolute Gasteiger partial charge is 0.0841 e. The van der Waals surface area contributed by atoms with E-state index in [0.29, 0.717) is 25.2 Å². The number of hydrogen-bond donors (Lipinski definition) is 3. The summed E-state index contributed by atoms with van der Waals surface area (Å²) in [5, 5.41) is 22.5. The maximum Gasteiger partial charge on any atom is 0.0841 e. The van der Waals surface area contributed by atoms with E-state index in [2.05, 4.69) is 22.3 Å². The SMILES string of the molecule is COC1CCC(N(CCO)C(CO)NCc2ccccc2)C1. The van der Waals surface area contributed by atoms with Crippen LogP contribution >= 0.6 is 0 Å². The second-order valence-corrected chi connectivity index (χ2v) is 5.85. The van der Waals surface area contributed by atoms with E-state index in [9.17, 15) is 10.2 Å². The first-order chi connectivity index (χ1) is 10.8. The molecule has 22 heavy (non-hydrogen) atoms. The van der Waals surface area contributed by atoms with Gasteiger partial charge in [-0.3, -0.25) is 10.2 Å². The Morgan fingerprint density at radius 1 is 1.27 bits per heavy atom. The molecule has 3 unspecified atom stereocenters. The number of rotatable bonds is 9. The van der Waals surface area contributed by atoms with E-state index in [4.69, 9.17) is 4.74 Å². The molecule has 0 bridgehead atoms. The predicted molar refractivity (Wildman–Crippen MR) is 86.4 cm³/mol. The Hall–Kier alpha value is -0.980. The van der Waals surface area contributed by atoms with Crippen molar-refractivity contribution in [2.75, 3.05) is 26.9 Å². The summed E-state index contributed by atoms with van der Waals surface area (Å²) in [6, 6.07) is 10.5. The molecule has 124 valence electrons. The number of aliphatic hydroxyl groups is 2. The Bertz CT molecular complexity index is 416. The van der Waals surface area contributed by atoms with Gasteiger partial charge in [0.25, 0.3) is 0 Å². The fraction of sp³-hybridized carbons (Fsp3) is 0.647. The Morgan fingerprint density at radius 3 is 2.64 bits per heavy atom. The lowest BCUT2D eigenvalue weighted by Crippen LogP contribution is -2.53. The highest BCUT2D eigenvalue weighted by Crippen LogP contribution is 2.27. The Morgan fingerprint density at radius 2 is 2.05 bits per heavy atom. The molecule has 1 aliphatic carbocycles. The molecule has 1 fully saturated rings. The Kier molecular flexibility index (Phi) is 7.29. The minimum absolute atomic E-state index is 0.0288. The van der Waals surface area contributed by atoms with Gasteiger partial charge in [-0.25, -0.2) is 0 Å². The van der Waals surface area contributed by atoms with Crippen molar-refractivity contribution in [3.8, 4) is 0 Å². The van der Waals surface area contributed by atoms with Crippen LogP contribution in [-0.4, -0.2) is 60.3 Å². The average molecular weight is 308 g/mol. The molecule has 0 aliphatic heterocycles. The molecule has 0 spiro atoms. The minimum Gasteiger partial charge on any atom is -0.395 e. The number of ether oxygens (including phenoxy) is 1. The first kappa shape index (κ1) is 17.4. The summed E-state index contributed by atoms with van der Waals surface area (Å²) in [6.45, 7) is 1.39. The number of methoxy groups -OCH3 is 1. The normalized spacial score (nSPS) is 23.1. The van der Waals surface area contributed by atoms with Crippen LogP contribution in [0, 0.1) is 0 Å². The minimum atomic E-state index is -0.145. The van der Waals surface area contributed by atoms with Gasteiger partial charge in [-0.2, -0.15) is 0 Å². The molecule has 5 heteroatoms. The summed E-state index contributed by atoms with van der Waals surface area (Å²) >= 11 is 0. The molecule has 3 atom stereocenters. The molecule has 0 amide bonds. The van der Waals surface area contributed by atoms with Crippen molar-refractivity contribution in [3.05, 3.63) is 35.9 Å².